The Morgan fingerprint density at radius 2 is 0.919 bits per heavy atom. The number of rotatable bonds is 31. The number of ether oxygens (including phenoxy) is 4. The molecule has 0 saturated heterocycles. The average molecular weight is 529 g/mol. The van der Waals surface area contributed by atoms with Gasteiger partial charge in [0.15, 0.2) is 0 Å². The van der Waals surface area contributed by atoms with E-state index in [4.69, 9.17) is 18.9 Å². The first-order valence-electron chi connectivity index (χ1n) is 16.1. The van der Waals surface area contributed by atoms with Crippen LogP contribution in [0.25, 0.3) is 0 Å². The first-order chi connectivity index (χ1) is 18.2. The summed E-state index contributed by atoms with van der Waals surface area (Å²) in [6, 6.07) is 0. The van der Waals surface area contributed by atoms with Gasteiger partial charge in [-0.15, -0.1) is 0 Å². The summed E-state index contributed by atoms with van der Waals surface area (Å²) in [4.78, 5) is 12.1. The van der Waals surface area contributed by atoms with E-state index in [1.165, 1.54) is 109 Å². The van der Waals surface area contributed by atoms with Crippen molar-refractivity contribution in [3.8, 4) is 0 Å². The summed E-state index contributed by atoms with van der Waals surface area (Å²) >= 11 is 0. The van der Waals surface area contributed by atoms with Gasteiger partial charge in [0, 0.05) is 19.6 Å². The molecular weight excluding hydrogens is 464 g/mol. The van der Waals surface area contributed by atoms with Crippen molar-refractivity contribution in [1.29, 1.82) is 0 Å². The molecule has 0 aromatic rings. The average Bonchev–Trinajstić information content (AvgIpc) is 2.91. The van der Waals surface area contributed by atoms with Crippen molar-refractivity contribution in [3.63, 3.8) is 0 Å². The summed E-state index contributed by atoms with van der Waals surface area (Å²) in [6.45, 7) is 11.1. The summed E-state index contributed by atoms with van der Waals surface area (Å²) in [5, 5.41) is 0. The second-order valence-corrected chi connectivity index (χ2v) is 10.7. The van der Waals surface area contributed by atoms with Crippen LogP contribution in [0, 0.1) is 5.92 Å². The lowest BCUT2D eigenvalue weighted by Gasteiger charge is -2.16. The fraction of sp³-hybridized carbons (Fsp3) is 0.969. The Labute approximate surface area is 231 Å². The minimum Gasteiger partial charge on any atom is -0.465 e. The molecule has 5 heteroatoms. The number of esters is 1. The number of carbonyl (C=O) groups is 1. The van der Waals surface area contributed by atoms with E-state index >= 15 is 0 Å². The summed E-state index contributed by atoms with van der Waals surface area (Å²) < 4.78 is 22.4. The third-order valence-electron chi connectivity index (χ3n) is 6.97. The van der Waals surface area contributed by atoms with Crippen molar-refractivity contribution in [3.05, 3.63) is 0 Å². The molecule has 0 bridgehead atoms. The van der Waals surface area contributed by atoms with Crippen molar-refractivity contribution in [2.75, 3.05) is 46.2 Å². The van der Waals surface area contributed by atoms with Crippen LogP contribution in [0.2, 0.25) is 0 Å². The highest BCUT2D eigenvalue weighted by atomic mass is 16.5. The predicted molar refractivity (Wildman–Crippen MR) is 156 cm³/mol. The number of unbranched alkanes of at least 4 members (excludes halogenated alkanes) is 13. The molecule has 0 heterocycles. The zero-order chi connectivity index (χ0) is 27.1. The van der Waals surface area contributed by atoms with Crippen LogP contribution in [-0.2, 0) is 23.7 Å². The van der Waals surface area contributed by atoms with Gasteiger partial charge in [0.2, 0.25) is 0 Å². The van der Waals surface area contributed by atoms with E-state index in [0.717, 1.165) is 13.0 Å². The second kappa shape index (κ2) is 31.6. The molecule has 5 nitrogen and oxygen atoms in total. The zero-order valence-electron chi connectivity index (χ0n) is 25.2. The van der Waals surface area contributed by atoms with Gasteiger partial charge in [0.1, 0.15) is 0 Å². The summed E-state index contributed by atoms with van der Waals surface area (Å²) in [5.74, 6) is 0.433. The Kier molecular flexibility index (Phi) is 31.0. The van der Waals surface area contributed by atoms with Crippen LogP contribution in [-0.4, -0.2) is 52.2 Å². The second-order valence-electron chi connectivity index (χ2n) is 10.7. The number of hydrogen-bond acceptors (Lipinski definition) is 5. The van der Waals surface area contributed by atoms with Gasteiger partial charge in [-0.3, -0.25) is 4.79 Å². The topological polar surface area (TPSA) is 54.0 Å². The van der Waals surface area contributed by atoms with Crippen molar-refractivity contribution in [2.45, 2.75) is 149 Å². The minimum absolute atomic E-state index is 0.0885. The molecule has 0 spiro atoms. The Morgan fingerprint density at radius 1 is 0.486 bits per heavy atom. The van der Waals surface area contributed by atoms with Crippen molar-refractivity contribution >= 4 is 5.97 Å². The Balaban J connectivity index is 3.38. The van der Waals surface area contributed by atoms with Gasteiger partial charge >= 0.3 is 5.97 Å². The molecule has 0 radical (unpaired) electrons. The van der Waals surface area contributed by atoms with E-state index in [0.29, 0.717) is 58.4 Å². The van der Waals surface area contributed by atoms with E-state index in [9.17, 15) is 4.79 Å². The van der Waals surface area contributed by atoms with Crippen LogP contribution in [0.1, 0.15) is 149 Å². The molecule has 0 saturated carbocycles. The van der Waals surface area contributed by atoms with Crippen molar-refractivity contribution < 1.29 is 23.7 Å². The lowest BCUT2D eigenvalue weighted by Crippen LogP contribution is -2.15. The van der Waals surface area contributed by atoms with Gasteiger partial charge in [-0.05, 0) is 31.6 Å². The predicted octanol–water partition coefficient (Wildman–Crippen LogP) is 9.06. The van der Waals surface area contributed by atoms with E-state index in [1.54, 1.807) is 0 Å². The molecule has 1 unspecified atom stereocenters. The van der Waals surface area contributed by atoms with Crippen LogP contribution < -0.4 is 0 Å². The molecule has 0 aromatic heterocycles. The molecule has 222 valence electrons. The molecule has 37 heavy (non-hydrogen) atoms. The fourth-order valence-corrected chi connectivity index (χ4v) is 4.50. The molecule has 0 aliphatic carbocycles. The Morgan fingerprint density at radius 3 is 1.49 bits per heavy atom. The highest BCUT2D eigenvalue weighted by Gasteiger charge is 2.12. The quantitative estimate of drug-likeness (QED) is 0.0663. The van der Waals surface area contributed by atoms with E-state index in [2.05, 4.69) is 20.8 Å². The zero-order valence-corrected chi connectivity index (χ0v) is 25.2. The Bertz CT molecular complexity index is 443. The van der Waals surface area contributed by atoms with Crippen LogP contribution in [0.5, 0.6) is 0 Å². The lowest BCUT2D eigenvalue weighted by molar-refractivity contribution is -0.145. The maximum Gasteiger partial charge on any atom is 0.305 e. The van der Waals surface area contributed by atoms with Gasteiger partial charge in [-0.2, -0.15) is 0 Å². The van der Waals surface area contributed by atoms with E-state index < -0.39 is 0 Å². The van der Waals surface area contributed by atoms with Crippen LogP contribution >= 0.6 is 0 Å². The third-order valence-corrected chi connectivity index (χ3v) is 6.97. The van der Waals surface area contributed by atoms with Crippen molar-refractivity contribution in [2.24, 2.45) is 5.92 Å². The molecule has 1 atom stereocenters. The molecule has 0 N–H and O–H groups in total. The Hall–Kier alpha value is -0.650. The number of carbonyl (C=O) groups excluding carboxylic acids is 1. The minimum atomic E-state index is -0.0885. The molecule has 0 aliphatic rings. The van der Waals surface area contributed by atoms with Gasteiger partial charge in [0.25, 0.3) is 0 Å². The van der Waals surface area contributed by atoms with Gasteiger partial charge in [-0.1, -0.05) is 117 Å². The first-order valence-corrected chi connectivity index (χ1v) is 16.1. The molecule has 0 amide bonds. The van der Waals surface area contributed by atoms with Crippen LogP contribution in [0.4, 0.5) is 0 Å². The monoisotopic (exact) mass is 528 g/mol. The summed E-state index contributed by atoms with van der Waals surface area (Å²) in [7, 11) is 0. The maximum atomic E-state index is 12.1. The normalized spacial score (nSPS) is 12.2. The van der Waals surface area contributed by atoms with Gasteiger partial charge in [-0.25, -0.2) is 0 Å². The van der Waals surface area contributed by atoms with Crippen LogP contribution in [0.3, 0.4) is 0 Å². The summed E-state index contributed by atoms with van der Waals surface area (Å²) in [6.07, 6.45) is 24.5. The molecule has 0 aromatic carbocycles. The smallest absolute Gasteiger partial charge is 0.305 e. The fourth-order valence-electron chi connectivity index (χ4n) is 4.50. The first kappa shape index (κ1) is 36.4. The molecule has 0 rings (SSSR count). The number of hydrogen-bond donors (Lipinski definition) is 0. The maximum absolute atomic E-state index is 12.1. The molecular formula is C32H64O5. The molecule has 0 aliphatic heterocycles. The highest BCUT2D eigenvalue weighted by Crippen LogP contribution is 2.18. The largest absolute Gasteiger partial charge is 0.465 e. The van der Waals surface area contributed by atoms with Gasteiger partial charge < -0.3 is 18.9 Å². The van der Waals surface area contributed by atoms with Gasteiger partial charge in [0.05, 0.1) is 33.0 Å². The lowest BCUT2D eigenvalue weighted by atomic mass is 9.96. The third kappa shape index (κ3) is 29.8. The summed E-state index contributed by atoms with van der Waals surface area (Å²) in [5.41, 5.74) is 0. The highest BCUT2D eigenvalue weighted by molar-refractivity contribution is 5.69. The van der Waals surface area contributed by atoms with Crippen LogP contribution in [0.15, 0.2) is 0 Å². The van der Waals surface area contributed by atoms with E-state index in [1.807, 2.05) is 0 Å². The standard InChI is InChI=1S/C32H64O5/c1-4-7-10-12-13-14-15-16-17-19-24-34-26-28-36-29-27-35-25-20-23-32(33)37-30-31(21-9-6-3)22-18-11-8-5-2/h31H,4-30H2,1-3H3. The SMILES string of the molecule is CCCCCCCCCCCCOCCOCCOCCCC(=O)OCC(CCCC)CCCCCC. The van der Waals surface area contributed by atoms with E-state index in [-0.39, 0.29) is 5.97 Å². The molecule has 0 fully saturated rings. The van der Waals surface area contributed by atoms with Crippen molar-refractivity contribution in [1.82, 2.24) is 0 Å².